The van der Waals surface area contributed by atoms with Crippen LogP contribution < -0.4 is 16.0 Å². The maximum absolute atomic E-state index is 11.8. The Labute approximate surface area is 163 Å². The number of carbonyl (C=O) groups excluding carboxylic acids is 1. The molecule has 0 radical (unpaired) electrons. The molecule has 0 aliphatic heterocycles. The Balaban J connectivity index is 2.01. The molecule has 0 saturated heterocycles. The highest BCUT2D eigenvalue weighted by Gasteiger charge is 2.21. The lowest BCUT2D eigenvalue weighted by Gasteiger charge is -2.24. The van der Waals surface area contributed by atoms with Gasteiger partial charge in [0.25, 0.3) is 5.91 Å². The molecular formula is C20H23N5O3. The fraction of sp³-hybridized carbons (Fsp3) is 0.300. The summed E-state index contributed by atoms with van der Waals surface area (Å²) in [4.78, 5) is 29.6. The van der Waals surface area contributed by atoms with E-state index in [4.69, 9.17) is 10.5 Å². The molecule has 0 unspecified atom stereocenters. The van der Waals surface area contributed by atoms with Gasteiger partial charge in [0, 0.05) is 11.1 Å². The molecule has 0 spiro atoms. The molecule has 0 saturated carbocycles. The summed E-state index contributed by atoms with van der Waals surface area (Å²) in [6.45, 7) is 5.99. The Hall–Kier alpha value is -3.26. The third-order valence-corrected chi connectivity index (χ3v) is 4.39. The zero-order valence-corrected chi connectivity index (χ0v) is 16.3. The van der Waals surface area contributed by atoms with Crippen LogP contribution in [0.4, 0.5) is 5.95 Å². The Morgan fingerprint density at radius 1 is 1.11 bits per heavy atom. The van der Waals surface area contributed by atoms with Crippen LogP contribution in [0.1, 0.15) is 37.6 Å². The number of nitrogen functional groups attached to an aromatic ring is 1. The Kier molecular flexibility index (Phi) is 5.41. The van der Waals surface area contributed by atoms with Crippen molar-refractivity contribution >= 4 is 22.9 Å². The first kappa shape index (κ1) is 19.5. The Morgan fingerprint density at radius 3 is 2.46 bits per heavy atom. The van der Waals surface area contributed by atoms with Crippen molar-refractivity contribution in [3.63, 3.8) is 0 Å². The molecule has 3 rings (SSSR count). The summed E-state index contributed by atoms with van der Waals surface area (Å²) < 4.78 is 6.05. The molecule has 0 aliphatic rings. The number of amides is 1. The summed E-state index contributed by atoms with van der Waals surface area (Å²) >= 11 is 0. The van der Waals surface area contributed by atoms with E-state index < -0.39 is 5.60 Å². The van der Waals surface area contributed by atoms with Gasteiger partial charge < -0.3 is 10.5 Å². The molecule has 0 atom stereocenters. The van der Waals surface area contributed by atoms with Gasteiger partial charge in [-0.1, -0.05) is 19.1 Å². The number of carbonyl (C=O) groups is 1. The second kappa shape index (κ2) is 7.77. The largest absolute Gasteiger partial charge is 0.470 e. The number of fused-ring (bicyclic) bond motifs is 1. The monoisotopic (exact) mass is 381 g/mol. The van der Waals surface area contributed by atoms with E-state index in [9.17, 15) is 4.79 Å². The van der Waals surface area contributed by atoms with Crippen molar-refractivity contribution < 1.29 is 14.4 Å². The SMILES string of the molecule is CCC(C)(C)Oc1nc(N)nc2ccc(-c3ccc(C(=O)NOC)cc3)nc12. The number of hydrogen-bond donors (Lipinski definition) is 2. The summed E-state index contributed by atoms with van der Waals surface area (Å²) in [5, 5.41) is 0. The predicted octanol–water partition coefficient (Wildman–Crippen LogP) is 3.13. The van der Waals surface area contributed by atoms with Crippen LogP contribution in [0.3, 0.4) is 0 Å². The summed E-state index contributed by atoms with van der Waals surface area (Å²) in [7, 11) is 1.39. The molecule has 2 heterocycles. The lowest BCUT2D eigenvalue weighted by Crippen LogP contribution is -2.27. The number of hydroxylamine groups is 1. The van der Waals surface area contributed by atoms with Gasteiger partial charge in [-0.05, 0) is 44.5 Å². The molecule has 0 aliphatic carbocycles. The van der Waals surface area contributed by atoms with Gasteiger partial charge in [0.1, 0.15) is 5.60 Å². The quantitative estimate of drug-likeness (QED) is 0.631. The molecule has 2 aromatic heterocycles. The van der Waals surface area contributed by atoms with E-state index in [-0.39, 0.29) is 11.9 Å². The van der Waals surface area contributed by atoms with Crippen LogP contribution in [0.2, 0.25) is 0 Å². The Morgan fingerprint density at radius 2 is 1.82 bits per heavy atom. The number of aromatic nitrogens is 3. The normalized spacial score (nSPS) is 11.4. The molecule has 3 N–H and O–H groups in total. The van der Waals surface area contributed by atoms with Gasteiger partial charge in [-0.2, -0.15) is 4.98 Å². The van der Waals surface area contributed by atoms with Crippen molar-refractivity contribution in [2.45, 2.75) is 32.8 Å². The van der Waals surface area contributed by atoms with Crippen LogP contribution in [0, 0.1) is 0 Å². The number of pyridine rings is 1. The molecule has 1 aromatic carbocycles. The zero-order valence-electron chi connectivity index (χ0n) is 16.3. The van der Waals surface area contributed by atoms with E-state index in [0.717, 1.165) is 12.0 Å². The number of anilines is 1. The number of benzene rings is 1. The first-order valence-corrected chi connectivity index (χ1v) is 8.90. The van der Waals surface area contributed by atoms with Gasteiger partial charge in [0.05, 0.1) is 18.3 Å². The average Bonchev–Trinajstić information content (AvgIpc) is 2.68. The molecule has 1 amide bonds. The summed E-state index contributed by atoms with van der Waals surface area (Å²) in [5.41, 5.74) is 10.9. The fourth-order valence-electron chi connectivity index (χ4n) is 2.51. The number of hydrogen-bond acceptors (Lipinski definition) is 7. The van der Waals surface area contributed by atoms with E-state index in [1.165, 1.54) is 7.11 Å². The summed E-state index contributed by atoms with van der Waals surface area (Å²) in [6.07, 6.45) is 0.795. The summed E-state index contributed by atoms with van der Waals surface area (Å²) in [5.74, 6) is 0.173. The highest BCUT2D eigenvalue weighted by atomic mass is 16.6. The van der Waals surface area contributed by atoms with Crippen LogP contribution >= 0.6 is 0 Å². The smallest absolute Gasteiger partial charge is 0.274 e. The van der Waals surface area contributed by atoms with Gasteiger partial charge >= 0.3 is 0 Å². The fourth-order valence-corrected chi connectivity index (χ4v) is 2.51. The van der Waals surface area contributed by atoms with Gasteiger partial charge in [0.15, 0.2) is 5.52 Å². The Bertz CT molecular complexity index is 1000. The van der Waals surface area contributed by atoms with Gasteiger partial charge in [-0.3, -0.25) is 9.63 Å². The van der Waals surface area contributed by atoms with Crippen molar-refractivity contribution in [2.75, 3.05) is 12.8 Å². The molecule has 3 aromatic rings. The van der Waals surface area contributed by atoms with E-state index >= 15 is 0 Å². The number of nitrogens with zero attached hydrogens (tertiary/aromatic N) is 3. The zero-order chi connectivity index (χ0) is 20.3. The highest BCUT2D eigenvalue weighted by Crippen LogP contribution is 2.29. The number of nitrogens with two attached hydrogens (primary N) is 1. The lowest BCUT2D eigenvalue weighted by atomic mass is 10.1. The second-order valence-electron chi connectivity index (χ2n) is 6.88. The van der Waals surface area contributed by atoms with Crippen LogP contribution in [0.5, 0.6) is 5.88 Å². The predicted molar refractivity (Wildman–Crippen MR) is 107 cm³/mol. The average molecular weight is 381 g/mol. The molecule has 8 heteroatoms. The van der Waals surface area contributed by atoms with E-state index in [1.54, 1.807) is 12.1 Å². The maximum Gasteiger partial charge on any atom is 0.274 e. The molecular weight excluding hydrogens is 358 g/mol. The van der Waals surface area contributed by atoms with Crippen molar-refractivity contribution in [2.24, 2.45) is 0 Å². The van der Waals surface area contributed by atoms with E-state index in [1.807, 2.05) is 45.0 Å². The standard InChI is InChI=1S/C20H23N5O3/c1-5-20(2,3)28-18-16-15(23-19(21)24-18)11-10-14(22-16)12-6-8-13(9-7-12)17(26)25-27-4/h6-11H,5H2,1-4H3,(H,25,26)(H2,21,23,24). The molecule has 0 fully saturated rings. The van der Waals surface area contributed by atoms with Crippen LogP contribution in [-0.2, 0) is 4.84 Å². The lowest BCUT2D eigenvalue weighted by molar-refractivity contribution is 0.0537. The van der Waals surface area contributed by atoms with Crippen molar-refractivity contribution in [3.8, 4) is 17.1 Å². The van der Waals surface area contributed by atoms with Crippen LogP contribution in [0.15, 0.2) is 36.4 Å². The second-order valence-corrected chi connectivity index (χ2v) is 6.88. The minimum Gasteiger partial charge on any atom is -0.470 e. The molecule has 8 nitrogen and oxygen atoms in total. The third kappa shape index (κ3) is 4.17. The number of ether oxygens (including phenoxy) is 1. The van der Waals surface area contributed by atoms with Crippen LogP contribution in [-0.4, -0.2) is 33.6 Å². The summed E-state index contributed by atoms with van der Waals surface area (Å²) in [6, 6.07) is 10.7. The third-order valence-electron chi connectivity index (χ3n) is 4.39. The van der Waals surface area contributed by atoms with Crippen LogP contribution in [0.25, 0.3) is 22.3 Å². The molecule has 28 heavy (non-hydrogen) atoms. The first-order valence-electron chi connectivity index (χ1n) is 8.90. The minimum atomic E-state index is -0.415. The maximum atomic E-state index is 11.8. The topological polar surface area (TPSA) is 112 Å². The van der Waals surface area contributed by atoms with Crippen molar-refractivity contribution in [3.05, 3.63) is 42.0 Å². The van der Waals surface area contributed by atoms with Gasteiger partial charge in [0.2, 0.25) is 11.8 Å². The number of rotatable bonds is 6. The highest BCUT2D eigenvalue weighted by molar-refractivity contribution is 5.94. The van der Waals surface area contributed by atoms with E-state index in [2.05, 4.69) is 25.3 Å². The molecule has 0 bridgehead atoms. The van der Waals surface area contributed by atoms with Crippen molar-refractivity contribution in [1.82, 2.24) is 20.4 Å². The van der Waals surface area contributed by atoms with Crippen molar-refractivity contribution in [1.29, 1.82) is 0 Å². The molecule has 146 valence electrons. The van der Waals surface area contributed by atoms with E-state index in [0.29, 0.717) is 28.2 Å². The van der Waals surface area contributed by atoms with Gasteiger partial charge in [-0.25, -0.2) is 15.4 Å². The number of nitrogens with one attached hydrogen (secondary N) is 1. The first-order chi connectivity index (χ1) is 13.3. The minimum absolute atomic E-state index is 0.137. The van der Waals surface area contributed by atoms with Gasteiger partial charge in [-0.15, -0.1) is 0 Å².